The van der Waals surface area contributed by atoms with Crippen molar-refractivity contribution in [1.82, 2.24) is 10.2 Å². The molecule has 132 valence electrons. The van der Waals surface area contributed by atoms with E-state index in [1.54, 1.807) is 30.0 Å². The molecular formula is C16H24N4O4. The van der Waals surface area contributed by atoms with Gasteiger partial charge in [-0.15, -0.1) is 0 Å². The number of piperazine rings is 1. The van der Waals surface area contributed by atoms with Gasteiger partial charge >= 0.3 is 0 Å². The molecule has 0 spiro atoms. The summed E-state index contributed by atoms with van der Waals surface area (Å²) in [5.74, 6) is 0.0913. The smallest absolute Gasteiger partial charge is 0.293 e. The minimum atomic E-state index is -0.478. The van der Waals surface area contributed by atoms with Crippen molar-refractivity contribution in [1.29, 1.82) is 0 Å². The van der Waals surface area contributed by atoms with Gasteiger partial charge < -0.3 is 19.9 Å². The van der Waals surface area contributed by atoms with Gasteiger partial charge in [0, 0.05) is 51.4 Å². The number of nitro benzene ring substituents is 1. The Morgan fingerprint density at radius 3 is 2.38 bits per heavy atom. The molecule has 1 amide bonds. The molecule has 1 aromatic rings. The van der Waals surface area contributed by atoms with Crippen molar-refractivity contribution in [3.05, 3.63) is 27.8 Å². The average molecular weight is 336 g/mol. The summed E-state index contributed by atoms with van der Waals surface area (Å²) in [5.41, 5.74) is 0.506. The van der Waals surface area contributed by atoms with E-state index in [4.69, 9.17) is 4.74 Å². The number of carbonyl (C=O) groups is 1. The van der Waals surface area contributed by atoms with Gasteiger partial charge in [-0.25, -0.2) is 0 Å². The van der Waals surface area contributed by atoms with Gasteiger partial charge in [0.2, 0.25) is 0 Å². The Balaban J connectivity index is 2.46. The van der Waals surface area contributed by atoms with E-state index in [-0.39, 0.29) is 29.2 Å². The fourth-order valence-corrected chi connectivity index (χ4v) is 3.06. The Morgan fingerprint density at radius 1 is 1.33 bits per heavy atom. The van der Waals surface area contributed by atoms with E-state index in [2.05, 4.69) is 5.32 Å². The third-order valence-corrected chi connectivity index (χ3v) is 4.05. The first-order valence-electron chi connectivity index (χ1n) is 7.83. The Morgan fingerprint density at radius 2 is 1.92 bits per heavy atom. The van der Waals surface area contributed by atoms with Gasteiger partial charge in [-0.05, 0) is 13.8 Å². The van der Waals surface area contributed by atoms with Gasteiger partial charge in [0.05, 0.1) is 17.6 Å². The Hall–Kier alpha value is -2.35. The summed E-state index contributed by atoms with van der Waals surface area (Å²) >= 11 is 0. The van der Waals surface area contributed by atoms with Crippen molar-refractivity contribution >= 4 is 17.3 Å². The van der Waals surface area contributed by atoms with Crippen LogP contribution in [0, 0.1) is 10.1 Å². The fraction of sp³-hybridized carbons (Fsp3) is 0.562. The predicted molar refractivity (Wildman–Crippen MR) is 91.9 cm³/mol. The topological polar surface area (TPSA) is 88.0 Å². The summed E-state index contributed by atoms with van der Waals surface area (Å²) in [4.78, 5) is 27.2. The van der Waals surface area contributed by atoms with Crippen LogP contribution in [0.1, 0.15) is 24.2 Å². The number of methoxy groups -OCH3 is 1. The van der Waals surface area contributed by atoms with Gasteiger partial charge in [-0.2, -0.15) is 0 Å². The Kier molecular flexibility index (Phi) is 5.28. The molecule has 1 saturated heterocycles. The van der Waals surface area contributed by atoms with E-state index in [0.29, 0.717) is 24.5 Å². The van der Waals surface area contributed by atoms with Gasteiger partial charge in [0.15, 0.2) is 0 Å². The number of nitro groups is 1. The lowest BCUT2D eigenvalue weighted by atomic mass is 10.1. The number of hydrogen-bond donors (Lipinski definition) is 1. The highest BCUT2D eigenvalue weighted by atomic mass is 16.6. The van der Waals surface area contributed by atoms with E-state index in [9.17, 15) is 14.9 Å². The first-order valence-corrected chi connectivity index (χ1v) is 7.83. The molecule has 0 aromatic heterocycles. The summed E-state index contributed by atoms with van der Waals surface area (Å²) in [6, 6.07) is 3.19. The van der Waals surface area contributed by atoms with Crippen LogP contribution < -0.4 is 15.0 Å². The molecule has 0 bridgehead atoms. The van der Waals surface area contributed by atoms with E-state index in [0.717, 1.165) is 0 Å². The van der Waals surface area contributed by atoms with Crippen LogP contribution in [0.2, 0.25) is 0 Å². The number of hydrogen-bond acceptors (Lipinski definition) is 6. The molecule has 0 unspecified atom stereocenters. The largest absolute Gasteiger partial charge is 0.496 e. The monoisotopic (exact) mass is 336 g/mol. The molecule has 0 aliphatic carbocycles. The lowest BCUT2D eigenvalue weighted by Gasteiger charge is -2.36. The zero-order valence-electron chi connectivity index (χ0n) is 14.7. The molecule has 0 radical (unpaired) electrons. The average Bonchev–Trinajstić information content (AvgIpc) is 2.51. The number of benzene rings is 1. The number of nitrogens with one attached hydrogen (secondary N) is 1. The van der Waals surface area contributed by atoms with Gasteiger partial charge in [0.1, 0.15) is 11.4 Å². The molecular weight excluding hydrogens is 312 g/mol. The van der Waals surface area contributed by atoms with E-state index in [1.807, 2.05) is 13.8 Å². The minimum absolute atomic E-state index is 0.111. The van der Waals surface area contributed by atoms with Gasteiger partial charge in [-0.3, -0.25) is 14.9 Å². The van der Waals surface area contributed by atoms with E-state index >= 15 is 0 Å². The second-order valence-electron chi connectivity index (χ2n) is 6.37. The van der Waals surface area contributed by atoms with Gasteiger partial charge in [0.25, 0.3) is 11.6 Å². The molecule has 8 heteroatoms. The quantitative estimate of drug-likeness (QED) is 0.662. The Bertz CT molecular complexity index is 637. The molecule has 1 heterocycles. The van der Waals surface area contributed by atoms with Crippen LogP contribution in [0.5, 0.6) is 5.75 Å². The molecule has 1 N–H and O–H groups in total. The Labute approximate surface area is 141 Å². The number of anilines is 1. The predicted octanol–water partition coefficient (Wildman–Crippen LogP) is 1.49. The first-order chi connectivity index (χ1) is 11.2. The SMILES string of the molecule is COc1cc(N(C)C)c([N+](=O)[O-])cc1C(=O)N1C[C@@H](C)N[C@@H](C)C1. The zero-order chi connectivity index (χ0) is 18.0. The van der Waals surface area contributed by atoms with Crippen molar-refractivity contribution in [2.24, 2.45) is 0 Å². The maximum absolute atomic E-state index is 12.9. The third kappa shape index (κ3) is 3.59. The summed E-state index contributed by atoms with van der Waals surface area (Å²) in [5, 5.41) is 14.7. The highest BCUT2D eigenvalue weighted by molar-refractivity contribution is 5.99. The number of ether oxygens (including phenoxy) is 1. The molecule has 1 fully saturated rings. The van der Waals surface area contributed by atoms with Crippen molar-refractivity contribution in [3.8, 4) is 5.75 Å². The number of amides is 1. The molecule has 1 aliphatic heterocycles. The lowest BCUT2D eigenvalue weighted by Crippen LogP contribution is -2.55. The second kappa shape index (κ2) is 7.04. The highest BCUT2D eigenvalue weighted by Crippen LogP contribution is 2.35. The van der Waals surface area contributed by atoms with Crippen molar-refractivity contribution in [3.63, 3.8) is 0 Å². The van der Waals surface area contributed by atoms with Gasteiger partial charge in [-0.1, -0.05) is 0 Å². The van der Waals surface area contributed by atoms with Crippen molar-refractivity contribution < 1.29 is 14.5 Å². The summed E-state index contributed by atoms with van der Waals surface area (Å²) in [6.07, 6.45) is 0. The maximum atomic E-state index is 12.9. The number of carbonyl (C=O) groups excluding carboxylic acids is 1. The highest BCUT2D eigenvalue weighted by Gasteiger charge is 2.30. The third-order valence-electron chi connectivity index (χ3n) is 4.05. The van der Waals surface area contributed by atoms with Crippen LogP contribution in [-0.4, -0.2) is 62.1 Å². The fourth-order valence-electron chi connectivity index (χ4n) is 3.06. The molecule has 8 nitrogen and oxygen atoms in total. The second-order valence-corrected chi connectivity index (χ2v) is 6.37. The summed E-state index contributed by atoms with van der Waals surface area (Å²) in [6.45, 7) is 5.11. The molecule has 0 saturated carbocycles. The molecule has 1 aromatic carbocycles. The number of nitrogens with zero attached hydrogens (tertiary/aromatic N) is 3. The molecule has 1 aliphatic rings. The van der Waals surface area contributed by atoms with Crippen LogP contribution in [0.15, 0.2) is 12.1 Å². The zero-order valence-corrected chi connectivity index (χ0v) is 14.7. The van der Waals surface area contributed by atoms with Crippen LogP contribution >= 0.6 is 0 Å². The standard InChI is InChI=1S/C16H24N4O4/c1-10-8-19(9-11(2)17-10)16(21)12-6-14(20(22)23)13(18(3)4)7-15(12)24-5/h6-7,10-11,17H,8-9H2,1-5H3/t10-,11+. The van der Waals surface area contributed by atoms with Crippen LogP contribution in [0.25, 0.3) is 0 Å². The lowest BCUT2D eigenvalue weighted by molar-refractivity contribution is -0.384. The molecule has 2 atom stereocenters. The van der Waals surface area contributed by atoms with E-state index in [1.165, 1.54) is 13.2 Å². The number of rotatable bonds is 4. The minimum Gasteiger partial charge on any atom is -0.496 e. The van der Waals surface area contributed by atoms with Crippen LogP contribution in [0.4, 0.5) is 11.4 Å². The summed E-state index contributed by atoms with van der Waals surface area (Å²) in [7, 11) is 4.88. The summed E-state index contributed by atoms with van der Waals surface area (Å²) < 4.78 is 5.32. The van der Waals surface area contributed by atoms with E-state index < -0.39 is 4.92 Å². The van der Waals surface area contributed by atoms with Crippen molar-refractivity contribution in [2.45, 2.75) is 25.9 Å². The molecule has 2 rings (SSSR count). The van der Waals surface area contributed by atoms with Crippen LogP contribution in [0.3, 0.4) is 0 Å². The van der Waals surface area contributed by atoms with Crippen LogP contribution in [-0.2, 0) is 0 Å². The van der Waals surface area contributed by atoms with Crippen molar-refractivity contribution in [2.75, 3.05) is 39.2 Å². The first kappa shape index (κ1) is 18.0. The molecule has 24 heavy (non-hydrogen) atoms. The maximum Gasteiger partial charge on any atom is 0.293 e. The normalized spacial score (nSPS) is 20.6.